The van der Waals surface area contributed by atoms with Gasteiger partial charge in [-0.15, -0.1) is 0 Å². The van der Waals surface area contributed by atoms with E-state index in [1.165, 1.54) is 12.3 Å². The van der Waals surface area contributed by atoms with E-state index in [1.54, 1.807) is 0 Å². The van der Waals surface area contributed by atoms with Crippen LogP contribution in [0.15, 0.2) is 21.9 Å². The fourth-order valence-electron chi connectivity index (χ4n) is 0.546. The van der Waals surface area contributed by atoms with E-state index >= 15 is 0 Å². The number of rotatable bonds is 0. The van der Waals surface area contributed by atoms with Crippen molar-refractivity contribution in [2.45, 2.75) is 0 Å². The third-order valence-electron chi connectivity index (χ3n) is 0.985. The third kappa shape index (κ3) is 0.845. The summed E-state index contributed by atoms with van der Waals surface area (Å²) in [4.78, 5) is 23.6. The number of hydrogen-bond donors (Lipinski definition) is 1. The molecule has 0 spiro atoms. The highest BCUT2D eigenvalue weighted by Crippen LogP contribution is 1.60. The van der Waals surface area contributed by atoms with Crippen LogP contribution in [0.3, 0.4) is 0 Å². The number of nitrogens with one attached hydrogen (secondary N) is 1. The minimum Gasteiger partial charge on any atom is -0.313 e. The summed E-state index contributed by atoms with van der Waals surface area (Å²) < 4.78 is 0.653. The highest BCUT2D eigenvalue weighted by Gasteiger charge is 1.92. The van der Waals surface area contributed by atoms with Crippen LogP contribution in [0.25, 0.3) is 0 Å². The molecule has 0 aliphatic heterocycles. The molecule has 0 saturated heterocycles. The van der Waals surface area contributed by atoms with Gasteiger partial charge in [-0.1, -0.05) is 6.42 Å². The van der Waals surface area contributed by atoms with Crippen molar-refractivity contribution >= 4 is 0 Å². The lowest BCUT2D eigenvalue weighted by atomic mass is 10.6. The number of H-pyrrole nitrogens is 1. The number of aromatic nitrogens is 2. The standard InChI is InChI=1S/C6H4N2O2/c1-2-8-5(9)3-4-7-6(8)10/h1,3-4H,(H,7,10). The molecule has 0 aliphatic carbocycles. The van der Waals surface area contributed by atoms with Crippen LogP contribution in [0.4, 0.5) is 0 Å². The lowest BCUT2D eigenvalue weighted by Gasteiger charge is -1.87. The van der Waals surface area contributed by atoms with Crippen LogP contribution in [0, 0.1) is 12.5 Å². The Morgan fingerprint density at radius 1 is 1.60 bits per heavy atom. The second-order valence-corrected chi connectivity index (χ2v) is 1.59. The monoisotopic (exact) mass is 136 g/mol. The largest absolute Gasteiger partial charge is 0.340 e. The van der Waals surface area contributed by atoms with Gasteiger partial charge in [-0.05, 0) is 0 Å². The highest BCUT2D eigenvalue weighted by molar-refractivity contribution is 4.95. The second kappa shape index (κ2) is 2.23. The molecule has 0 atom stereocenters. The normalized spacial score (nSPS) is 8.70. The van der Waals surface area contributed by atoms with Gasteiger partial charge in [0.05, 0.1) is 0 Å². The Bertz CT molecular complexity index is 351. The van der Waals surface area contributed by atoms with Gasteiger partial charge in [-0.3, -0.25) is 4.79 Å². The van der Waals surface area contributed by atoms with E-state index in [1.807, 2.05) is 6.04 Å². The van der Waals surface area contributed by atoms with Crippen LogP contribution in [0.2, 0.25) is 0 Å². The highest BCUT2D eigenvalue weighted by atomic mass is 16.2. The fraction of sp³-hybridized carbons (Fsp3) is 0. The molecule has 0 fully saturated rings. The molecule has 1 aromatic rings. The summed E-state index contributed by atoms with van der Waals surface area (Å²) in [5.41, 5.74) is -1.08. The molecule has 50 valence electrons. The lowest BCUT2D eigenvalue weighted by molar-refractivity contribution is 0.906. The van der Waals surface area contributed by atoms with Crippen LogP contribution in [-0.2, 0) is 0 Å². The molecular formula is C6H4N2O2. The summed E-state index contributed by atoms with van der Waals surface area (Å²) in [6.07, 6.45) is 6.09. The SMILES string of the molecule is C#Cn1c(=O)cc[nH]c1=O. The van der Waals surface area contributed by atoms with Crippen LogP contribution in [0.5, 0.6) is 0 Å². The molecule has 0 radical (unpaired) electrons. The van der Waals surface area contributed by atoms with Crippen LogP contribution in [0.1, 0.15) is 0 Å². The van der Waals surface area contributed by atoms with Gasteiger partial charge in [0.2, 0.25) is 0 Å². The van der Waals surface area contributed by atoms with Gasteiger partial charge in [-0.2, -0.15) is 4.57 Å². The van der Waals surface area contributed by atoms with Crippen molar-refractivity contribution in [1.82, 2.24) is 9.55 Å². The van der Waals surface area contributed by atoms with Gasteiger partial charge in [0, 0.05) is 18.3 Å². The van der Waals surface area contributed by atoms with Crippen LogP contribution >= 0.6 is 0 Å². The Balaban J connectivity index is 3.67. The number of aromatic amines is 1. The molecular weight excluding hydrogens is 132 g/mol. The molecule has 1 rings (SSSR count). The van der Waals surface area contributed by atoms with Crippen molar-refractivity contribution in [3.63, 3.8) is 0 Å². The van der Waals surface area contributed by atoms with E-state index in [9.17, 15) is 9.59 Å². The minimum absolute atomic E-state index is 0.494. The van der Waals surface area contributed by atoms with E-state index < -0.39 is 11.2 Å². The predicted molar refractivity (Wildman–Crippen MR) is 35.6 cm³/mol. The smallest absolute Gasteiger partial charge is 0.313 e. The van der Waals surface area contributed by atoms with Crippen molar-refractivity contribution in [2.75, 3.05) is 0 Å². The molecule has 4 heteroatoms. The molecule has 0 amide bonds. The number of nitrogens with zero attached hydrogens (tertiary/aromatic N) is 1. The number of hydrogen-bond acceptors (Lipinski definition) is 2. The van der Waals surface area contributed by atoms with E-state index in [-0.39, 0.29) is 0 Å². The zero-order chi connectivity index (χ0) is 7.56. The van der Waals surface area contributed by atoms with Crippen molar-refractivity contribution in [2.24, 2.45) is 0 Å². The molecule has 4 nitrogen and oxygen atoms in total. The van der Waals surface area contributed by atoms with E-state index in [2.05, 4.69) is 4.98 Å². The van der Waals surface area contributed by atoms with E-state index in [0.717, 1.165) is 0 Å². The Kier molecular flexibility index (Phi) is 1.42. The topological polar surface area (TPSA) is 54.9 Å². The van der Waals surface area contributed by atoms with Gasteiger partial charge >= 0.3 is 5.69 Å². The van der Waals surface area contributed by atoms with Gasteiger partial charge in [0.15, 0.2) is 0 Å². The quantitative estimate of drug-likeness (QED) is 0.464. The first-order valence-corrected chi connectivity index (χ1v) is 2.53. The van der Waals surface area contributed by atoms with Crippen molar-refractivity contribution in [1.29, 1.82) is 0 Å². The molecule has 10 heavy (non-hydrogen) atoms. The van der Waals surface area contributed by atoms with E-state index in [0.29, 0.717) is 4.57 Å². The summed E-state index contributed by atoms with van der Waals surface area (Å²) in [7, 11) is 0. The fourth-order valence-corrected chi connectivity index (χ4v) is 0.546. The second-order valence-electron chi connectivity index (χ2n) is 1.59. The van der Waals surface area contributed by atoms with E-state index in [4.69, 9.17) is 6.42 Å². The van der Waals surface area contributed by atoms with Crippen LogP contribution in [-0.4, -0.2) is 9.55 Å². The average Bonchev–Trinajstić information content (AvgIpc) is 1.88. The first-order chi connectivity index (χ1) is 4.75. The summed E-state index contributed by atoms with van der Waals surface area (Å²) in [5.74, 6) is 0. The first-order valence-electron chi connectivity index (χ1n) is 2.53. The first kappa shape index (κ1) is 6.36. The molecule has 0 unspecified atom stereocenters. The van der Waals surface area contributed by atoms with Gasteiger partial charge in [0.25, 0.3) is 5.56 Å². The maximum absolute atomic E-state index is 10.7. The molecule has 0 aromatic carbocycles. The van der Waals surface area contributed by atoms with Crippen molar-refractivity contribution < 1.29 is 0 Å². The minimum atomic E-state index is -0.588. The Morgan fingerprint density at radius 2 is 2.30 bits per heavy atom. The summed E-state index contributed by atoms with van der Waals surface area (Å²) >= 11 is 0. The summed E-state index contributed by atoms with van der Waals surface area (Å²) in [6.45, 7) is 0. The average molecular weight is 136 g/mol. The molecule has 0 bridgehead atoms. The molecule has 1 N–H and O–H groups in total. The Morgan fingerprint density at radius 3 is 2.70 bits per heavy atom. The Labute approximate surface area is 56.1 Å². The molecule has 0 saturated carbocycles. The molecule has 1 aromatic heterocycles. The van der Waals surface area contributed by atoms with Gasteiger partial charge < -0.3 is 4.98 Å². The maximum atomic E-state index is 10.7. The zero-order valence-electron chi connectivity index (χ0n) is 5.00. The van der Waals surface area contributed by atoms with Crippen molar-refractivity contribution in [3.8, 4) is 12.5 Å². The van der Waals surface area contributed by atoms with Gasteiger partial charge in [-0.25, -0.2) is 4.79 Å². The summed E-state index contributed by atoms with van der Waals surface area (Å²) in [5, 5.41) is 0. The van der Waals surface area contributed by atoms with Crippen molar-refractivity contribution in [3.05, 3.63) is 33.1 Å². The zero-order valence-corrected chi connectivity index (χ0v) is 5.00. The molecule has 1 heterocycles. The lowest BCUT2D eigenvalue weighted by Crippen LogP contribution is -2.30. The maximum Gasteiger partial charge on any atom is 0.340 e. The third-order valence-corrected chi connectivity index (χ3v) is 0.985. The molecule has 0 aliphatic rings. The Hall–Kier alpha value is -1.76. The predicted octanol–water partition coefficient (Wildman–Crippen LogP) is -1.02. The van der Waals surface area contributed by atoms with Gasteiger partial charge in [0.1, 0.15) is 0 Å². The number of terminal acetylenes is 1. The van der Waals surface area contributed by atoms with Crippen LogP contribution < -0.4 is 11.2 Å². The summed E-state index contributed by atoms with van der Waals surface area (Å²) in [6, 6.07) is 3.11.